The van der Waals surface area contributed by atoms with Crippen LogP contribution in [-0.2, 0) is 0 Å². The van der Waals surface area contributed by atoms with Crippen molar-refractivity contribution in [2.24, 2.45) is 23.7 Å². The fourth-order valence-electron chi connectivity index (χ4n) is 5.73. The number of likely N-dealkylation sites (N-methyl/N-ethyl adjacent to an activating group) is 1. The van der Waals surface area contributed by atoms with E-state index in [2.05, 4.69) is 17.1 Å². The Morgan fingerprint density at radius 3 is 2.63 bits per heavy atom. The van der Waals surface area contributed by atoms with Gasteiger partial charge in [0.1, 0.15) is 0 Å². The first-order valence-electron chi connectivity index (χ1n) is 8.84. The average Bonchev–Trinajstić information content (AvgIpc) is 2.89. The largest absolute Gasteiger partial charge is 0.312 e. The second-order valence-corrected chi connectivity index (χ2v) is 7.57. The molecule has 0 spiro atoms. The van der Waals surface area contributed by atoms with E-state index in [-0.39, 0.29) is 0 Å². The first kappa shape index (κ1) is 12.6. The minimum Gasteiger partial charge on any atom is -0.312 e. The maximum absolute atomic E-state index is 3.93. The molecule has 0 aromatic carbocycles. The standard InChI is InChI=1S/C17H30N2/c1-2-19(13-6-7-13)9-8-18-17-11-12-10-16(17)15-5-3-4-14(12)15/h12-18H,2-11H2,1H3. The monoisotopic (exact) mass is 262 g/mol. The molecule has 4 saturated carbocycles. The van der Waals surface area contributed by atoms with Gasteiger partial charge in [-0.05, 0) is 68.7 Å². The smallest absolute Gasteiger partial charge is 0.0110 e. The Morgan fingerprint density at radius 1 is 1.00 bits per heavy atom. The van der Waals surface area contributed by atoms with Crippen molar-refractivity contribution < 1.29 is 0 Å². The van der Waals surface area contributed by atoms with E-state index in [1.165, 1.54) is 45.3 Å². The quantitative estimate of drug-likeness (QED) is 0.792. The summed E-state index contributed by atoms with van der Waals surface area (Å²) in [5.74, 6) is 4.40. The summed E-state index contributed by atoms with van der Waals surface area (Å²) in [6.45, 7) is 6.07. The first-order chi connectivity index (χ1) is 9.36. The molecule has 4 rings (SSSR count). The number of fused-ring (bicyclic) bond motifs is 5. The Kier molecular flexibility index (Phi) is 3.35. The molecule has 2 nitrogen and oxygen atoms in total. The molecule has 108 valence electrons. The third-order valence-corrected chi connectivity index (χ3v) is 6.70. The van der Waals surface area contributed by atoms with Crippen molar-refractivity contribution in [3.05, 3.63) is 0 Å². The Morgan fingerprint density at radius 2 is 1.84 bits per heavy atom. The molecule has 2 bridgehead atoms. The summed E-state index contributed by atoms with van der Waals surface area (Å²) in [4.78, 5) is 2.68. The first-order valence-corrected chi connectivity index (χ1v) is 8.84. The molecular weight excluding hydrogens is 232 g/mol. The summed E-state index contributed by atoms with van der Waals surface area (Å²) in [7, 11) is 0. The lowest BCUT2D eigenvalue weighted by Crippen LogP contribution is -2.43. The Bertz CT molecular complexity index is 325. The Hall–Kier alpha value is -0.0800. The van der Waals surface area contributed by atoms with Crippen LogP contribution in [0.2, 0.25) is 0 Å². The van der Waals surface area contributed by atoms with Crippen LogP contribution in [0.1, 0.15) is 51.9 Å². The summed E-state index contributed by atoms with van der Waals surface area (Å²) in [5.41, 5.74) is 0. The van der Waals surface area contributed by atoms with Crippen LogP contribution in [-0.4, -0.2) is 36.6 Å². The van der Waals surface area contributed by atoms with E-state index in [4.69, 9.17) is 0 Å². The molecule has 19 heavy (non-hydrogen) atoms. The third kappa shape index (κ3) is 2.25. The predicted octanol–water partition coefficient (Wildman–Crippen LogP) is 2.89. The van der Waals surface area contributed by atoms with Crippen LogP contribution in [0.4, 0.5) is 0 Å². The summed E-state index contributed by atoms with van der Waals surface area (Å²) in [5, 5.41) is 3.93. The highest BCUT2D eigenvalue weighted by molar-refractivity contribution is 5.05. The number of hydrogen-bond donors (Lipinski definition) is 1. The molecule has 0 saturated heterocycles. The van der Waals surface area contributed by atoms with Crippen molar-refractivity contribution in [3.8, 4) is 0 Å². The van der Waals surface area contributed by atoms with Gasteiger partial charge in [-0.15, -0.1) is 0 Å². The Labute approximate surface area is 118 Å². The molecule has 4 aliphatic carbocycles. The minimum atomic E-state index is 0.877. The third-order valence-electron chi connectivity index (χ3n) is 6.70. The molecule has 0 aromatic rings. The SMILES string of the molecule is CCN(CCNC1CC2CC1C1CCCC21)C1CC1. The summed E-state index contributed by atoms with van der Waals surface area (Å²) in [6, 6.07) is 1.81. The van der Waals surface area contributed by atoms with Crippen molar-refractivity contribution in [3.63, 3.8) is 0 Å². The topological polar surface area (TPSA) is 15.3 Å². The van der Waals surface area contributed by atoms with Gasteiger partial charge in [-0.3, -0.25) is 4.90 Å². The van der Waals surface area contributed by atoms with Crippen LogP contribution < -0.4 is 5.32 Å². The number of rotatable bonds is 6. The number of nitrogens with zero attached hydrogens (tertiary/aromatic N) is 1. The van der Waals surface area contributed by atoms with Gasteiger partial charge in [0.05, 0.1) is 0 Å². The van der Waals surface area contributed by atoms with Gasteiger partial charge in [0, 0.05) is 25.2 Å². The van der Waals surface area contributed by atoms with Gasteiger partial charge in [-0.2, -0.15) is 0 Å². The maximum Gasteiger partial charge on any atom is 0.0110 e. The maximum atomic E-state index is 3.93. The highest BCUT2D eigenvalue weighted by Crippen LogP contribution is 2.58. The zero-order chi connectivity index (χ0) is 12.8. The van der Waals surface area contributed by atoms with Crippen molar-refractivity contribution in [2.45, 2.75) is 64.0 Å². The fourth-order valence-corrected chi connectivity index (χ4v) is 5.73. The molecule has 2 heteroatoms. The van der Waals surface area contributed by atoms with Gasteiger partial charge in [0.25, 0.3) is 0 Å². The van der Waals surface area contributed by atoms with E-state index in [1.54, 1.807) is 19.3 Å². The van der Waals surface area contributed by atoms with E-state index < -0.39 is 0 Å². The van der Waals surface area contributed by atoms with Gasteiger partial charge < -0.3 is 5.32 Å². The lowest BCUT2D eigenvalue weighted by molar-refractivity contribution is 0.199. The lowest BCUT2D eigenvalue weighted by Gasteiger charge is -2.33. The Balaban J connectivity index is 1.26. The van der Waals surface area contributed by atoms with Crippen molar-refractivity contribution in [2.75, 3.05) is 19.6 Å². The summed E-state index contributed by atoms with van der Waals surface area (Å²) >= 11 is 0. The summed E-state index contributed by atoms with van der Waals surface area (Å²) in [6.07, 6.45) is 10.6. The second kappa shape index (κ2) is 5.04. The van der Waals surface area contributed by atoms with Crippen LogP contribution in [0.15, 0.2) is 0 Å². The molecule has 5 atom stereocenters. The van der Waals surface area contributed by atoms with E-state index in [0.29, 0.717) is 0 Å². The summed E-state index contributed by atoms with van der Waals surface area (Å²) < 4.78 is 0. The van der Waals surface area contributed by atoms with Crippen molar-refractivity contribution >= 4 is 0 Å². The fraction of sp³-hybridized carbons (Fsp3) is 1.00. The van der Waals surface area contributed by atoms with E-state index >= 15 is 0 Å². The van der Waals surface area contributed by atoms with Crippen LogP contribution in [0.5, 0.6) is 0 Å². The zero-order valence-electron chi connectivity index (χ0n) is 12.5. The van der Waals surface area contributed by atoms with Crippen LogP contribution in [0, 0.1) is 23.7 Å². The van der Waals surface area contributed by atoms with Crippen LogP contribution >= 0.6 is 0 Å². The van der Waals surface area contributed by atoms with Gasteiger partial charge in [-0.1, -0.05) is 13.3 Å². The van der Waals surface area contributed by atoms with E-state index in [9.17, 15) is 0 Å². The molecule has 4 fully saturated rings. The predicted molar refractivity (Wildman–Crippen MR) is 79.1 cm³/mol. The normalized spacial score (nSPS) is 44.2. The highest BCUT2D eigenvalue weighted by atomic mass is 15.2. The highest BCUT2D eigenvalue weighted by Gasteiger charge is 2.53. The molecule has 1 N–H and O–H groups in total. The number of nitrogens with one attached hydrogen (secondary N) is 1. The van der Waals surface area contributed by atoms with Crippen LogP contribution in [0.25, 0.3) is 0 Å². The second-order valence-electron chi connectivity index (χ2n) is 7.57. The molecule has 5 unspecified atom stereocenters. The number of hydrogen-bond acceptors (Lipinski definition) is 2. The van der Waals surface area contributed by atoms with Crippen molar-refractivity contribution in [1.29, 1.82) is 0 Å². The minimum absolute atomic E-state index is 0.877. The van der Waals surface area contributed by atoms with Crippen LogP contribution in [0.3, 0.4) is 0 Å². The van der Waals surface area contributed by atoms with Gasteiger partial charge in [0.2, 0.25) is 0 Å². The van der Waals surface area contributed by atoms with Gasteiger partial charge >= 0.3 is 0 Å². The molecular formula is C17H30N2. The van der Waals surface area contributed by atoms with Gasteiger partial charge in [0.15, 0.2) is 0 Å². The molecule has 4 aliphatic rings. The molecule has 0 aromatic heterocycles. The molecule has 0 amide bonds. The van der Waals surface area contributed by atoms with E-state index in [0.717, 1.165) is 35.8 Å². The molecule has 0 radical (unpaired) electrons. The van der Waals surface area contributed by atoms with E-state index in [1.807, 2.05) is 0 Å². The average molecular weight is 262 g/mol. The zero-order valence-corrected chi connectivity index (χ0v) is 12.5. The lowest BCUT2D eigenvalue weighted by atomic mass is 9.79. The van der Waals surface area contributed by atoms with Crippen molar-refractivity contribution in [1.82, 2.24) is 10.2 Å². The molecule has 0 aliphatic heterocycles. The van der Waals surface area contributed by atoms with Gasteiger partial charge in [-0.25, -0.2) is 0 Å². The molecule has 0 heterocycles.